The number of ketones is 1. The van der Waals surface area contributed by atoms with E-state index in [1.165, 1.54) is 13.2 Å². The van der Waals surface area contributed by atoms with E-state index >= 15 is 0 Å². The third-order valence-electron chi connectivity index (χ3n) is 2.86. The second kappa shape index (κ2) is 6.30. The molecule has 0 radical (unpaired) electrons. The number of carbonyl (C=O) groups excluding carboxylic acids is 1. The fourth-order valence-corrected chi connectivity index (χ4v) is 2.35. The molecule has 0 saturated carbocycles. The predicted molar refractivity (Wildman–Crippen MR) is 80.1 cm³/mol. The summed E-state index contributed by atoms with van der Waals surface area (Å²) in [6.45, 7) is 0. The van der Waals surface area contributed by atoms with Gasteiger partial charge in [0.1, 0.15) is 17.4 Å². The number of hydrogen-bond donors (Lipinski definition) is 0. The molecule has 0 aliphatic carbocycles. The average molecular weight is 388 g/mol. The molecule has 0 heterocycles. The molecule has 0 saturated heterocycles. The van der Waals surface area contributed by atoms with E-state index in [-0.39, 0.29) is 17.8 Å². The maximum Gasteiger partial charge on any atom is 0.171 e. The van der Waals surface area contributed by atoms with Gasteiger partial charge >= 0.3 is 0 Å². The van der Waals surface area contributed by atoms with Crippen LogP contribution in [0.5, 0.6) is 5.75 Å². The lowest BCUT2D eigenvalue weighted by atomic mass is 10.0. The van der Waals surface area contributed by atoms with Crippen molar-refractivity contribution in [3.63, 3.8) is 0 Å². The van der Waals surface area contributed by atoms with E-state index < -0.39 is 11.6 Å². The van der Waals surface area contributed by atoms with Gasteiger partial charge in [-0.1, -0.05) is 6.07 Å². The summed E-state index contributed by atoms with van der Waals surface area (Å²) in [6, 6.07) is 8.63. The van der Waals surface area contributed by atoms with E-state index in [9.17, 15) is 13.6 Å². The van der Waals surface area contributed by atoms with Crippen LogP contribution in [0.4, 0.5) is 8.78 Å². The molecular weight excluding hydrogens is 377 g/mol. The molecule has 0 aliphatic rings. The molecule has 2 aromatic rings. The minimum absolute atomic E-state index is 0.224. The molecule has 104 valence electrons. The molecule has 0 bridgehead atoms. The molecule has 0 spiro atoms. The van der Waals surface area contributed by atoms with Crippen LogP contribution in [0, 0.1) is 15.2 Å². The van der Waals surface area contributed by atoms with Crippen LogP contribution in [0.25, 0.3) is 0 Å². The summed E-state index contributed by atoms with van der Waals surface area (Å²) in [6.07, 6.45) is -0.338. The van der Waals surface area contributed by atoms with Crippen LogP contribution in [0.3, 0.4) is 0 Å². The van der Waals surface area contributed by atoms with Gasteiger partial charge in [-0.25, -0.2) is 8.78 Å². The average Bonchev–Trinajstić information content (AvgIpc) is 2.43. The zero-order chi connectivity index (χ0) is 14.7. The molecule has 2 rings (SSSR count). The first-order valence-electron chi connectivity index (χ1n) is 5.82. The Morgan fingerprint density at radius 2 is 1.85 bits per heavy atom. The van der Waals surface area contributed by atoms with E-state index in [0.717, 1.165) is 15.7 Å². The van der Waals surface area contributed by atoms with Gasteiger partial charge in [0.05, 0.1) is 12.7 Å². The first kappa shape index (κ1) is 14.9. The highest BCUT2D eigenvalue weighted by Crippen LogP contribution is 2.24. The third kappa shape index (κ3) is 3.15. The number of halogens is 3. The Labute approximate surface area is 128 Å². The minimum atomic E-state index is -0.719. The van der Waals surface area contributed by atoms with Crippen molar-refractivity contribution in [3.8, 4) is 5.75 Å². The van der Waals surface area contributed by atoms with Crippen LogP contribution in [0.15, 0.2) is 36.4 Å². The molecule has 20 heavy (non-hydrogen) atoms. The van der Waals surface area contributed by atoms with Gasteiger partial charge in [-0.15, -0.1) is 0 Å². The van der Waals surface area contributed by atoms with Gasteiger partial charge in [-0.05, 0) is 52.9 Å². The summed E-state index contributed by atoms with van der Waals surface area (Å²) in [7, 11) is 1.45. The zero-order valence-corrected chi connectivity index (χ0v) is 12.8. The Morgan fingerprint density at radius 1 is 1.20 bits per heavy atom. The highest BCUT2D eigenvalue weighted by Gasteiger charge is 2.17. The highest BCUT2D eigenvalue weighted by atomic mass is 127. The monoisotopic (exact) mass is 388 g/mol. The Hall–Kier alpha value is -1.50. The van der Waals surface area contributed by atoms with E-state index in [1.807, 2.05) is 0 Å². The van der Waals surface area contributed by atoms with Crippen LogP contribution in [0.2, 0.25) is 0 Å². The van der Waals surface area contributed by atoms with Gasteiger partial charge in [0.25, 0.3) is 0 Å². The number of carbonyl (C=O) groups is 1. The molecule has 0 aromatic heterocycles. The Kier molecular flexibility index (Phi) is 4.69. The molecule has 0 fully saturated rings. The topological polar surface area (TPSA) is 26.3 Å². The second-order valence-electron chi connectivity index (χ2n) is 4.14. The summed E-state index contributed by atoms with van der Waals surface area (Å²) < 4.78 is 33.1. The van der Waals surface area contributed by atoms with Crippen molar-refractivity contribution >= 4 is 28.4 Å². The van der Waals surface area contributed by atoms with Gasteiger partial charge in [0.15, 0.2) is 5.78 Å². The van der Waals surface area contributed by atoms with Crippen LogP contribution in [-0.4, -0.2) is 12.9 Å². The maximum atomic E-state index is 13.6. The van der Waals surface area contributed by atoms with Crippen LogP contribution in [-0.2, 0) is 6.42 Å². The first-order chi connectivity index (χ1) is 9.52. The summed E-state index contributed by atoms with van der Waals surface area (Å²) in [5, 5.41) is 0. The standard InChI is InChI=1S/C15H11F2IO2/c1-20-15-6-5-9(18)7-11(15)14(19)8-10-12(16)3-2-4-13(10)17/h2-7H,8H2,1H3. The van der Waals surface area contributed by atoms with E-state index in [4.69, 9.17) is 4.74 Å². The van der Waals surface area contributed by atoms with Crippen LogP contribution >= 0.6 is 22.6 Å². The number of hydrogen-bond acceptors (Lipinski definition) is 2. The van der Waals surface area contributed by atoms with Crippen LogP contribution in [0.1, 0.15) is 15.9 Å². The number of rotatable bonds is 4. The molecule has 0 aliphatic heterocycles. The molecule has 0 N–H and O–H groups in total. The molecule has 0 atom stereocenters. The van der Waals surface area contributed by atoms with Crippen molar-refractivity contribution < 1.29 is 18.3 Å². The van der Waals surface area contributed by atoms with Crippen molar-refractivity contribution in [2.75, 3.05) is 7.11 Å². The van der Waals surface area contributed by atoms with Gasteiger partial charge < -0.3 is 4.74 Å². The Balaban J connectivity index is 2.35. The minimum Gasteiger partial charge on any atom is -0.496 e. The van der Waals surface area contributed by atoms with E-state index in [1.54, 1.807) is 18.2 Å². The molecule has 2 nitrogen and oxygen atoms in total. The summed E-state index contributed by atoms with van der Waals surface area (Å²) in [5.74, 6) is -1.43. The lowest BCUT2D eigenvalue weighted by Gasteiger charge is -2.09. The van der Waals surface area contributed by atoms with Crippen molar-refractivity contribution in [2.45, 2.75) is 6.42 Å². The van der Waals surface area contributed by atoms with E-state index in [2.05, 4.69) is 22.6 Å². The van der Waals surface area contributed by atoms with Gasteiger partial charge in [-0.3, -0.25) is 4.79 Å². The summed E-state index contributed by atoms with van der Waals surface area (Å²) >= 11 is 2.06. The Morgan fingerprint density at radius 3 is 2.45 bits per heavy atom. The van der Waals surface area contributed by atoms with Crippen molar-refractivity contribution in [1.82, 2.24) is 0 Å². The lowest BCUT2D eigenvalue weighted by Crippen LogP contribution is -2.09. The smallest absolute Gasteiger partial charge is 0.171 e. The summed E-state index contributed by atoms with van der Waals surface area (Å²) in [5.41, 5.74) is 0.0977. The molecule has 0 unspecified atom stereocenters. The van der Waals surface area contributed by atoms with E-state index in [0.29, 0.717) is 11.3 Å². The number of benzene rings is 2. The lowest BCUT2D eigenvalue weighted by molar-refractivity contribution is 0.0987. The number of methoxy groups -OCH3 is 1. The number of Topliss-reactive ketones (excluding diaryl/α,β-unsaturated/α-hetero) is 1. The van der Waals surface area contributed by atoms with Gasteiger partial charge in [-0.2, -0.15) is 0 Å². The molecule has 0 amide bonds. The van der Waals surface area contributed by atoms with Crippen LogP contribution < -0.4 is 4.74 Å². The quantitative estimate of drug-likeness (QED) is 0.585. The van der Waals surface area contributed by atoms with Gasteiger partial charge in [0.2, 0.25) is 0 Å². The normalized spacial score (nSPS) is 10.4. The van der Waals surface area contributed by atoms with Crippen molar-refractivity contribution in [1.29, 1.82) is 0 Å². The molecular formula is C15H11F2IO2. The second-order valence-corrected chi connectivity index (χ2v) is 5.39. The first-order valence-corrected chi connectivity index (χ1v) is 6.90. The Bertz CT molecular complexity index is 636. The summed E-state index contributed by atoms with van der Waals surface area (Å²) in [4.78, 5) is 12.2. The van der Waals surface area contributed by atoms with Gasteiger partial charge in [0, 0.05) is 15.6 Å². The van der Waals surface area contributed by atoms with Crippen molar-refractivity contribution in [2.24, 2.45) is 0 Å². The maximum absolute atomic E-state index is 13.6. The number of ether oxygens (including phenoxy) is 1. The third-order valence-corrected chi connectivity index (χ3v) is 3.53. The van der Waals surface area contributed by atoms with Crippen molar-refractivity contribution in [3.05, 3.63) is 62.7 Å². The molecule has 2 aromatic carbocycles. The predicted octanol–water partition coefficient (Wildman–Crippen LogP) is 4.00. The SMILES string of the molecule is COc1ccc(I)cc1C(=O)Cc1c(F)cccc1F. The zero-order valence-electron chi connectivity index (χ0n) is 10.6. The highest BCUT2D eigenvalue weighted by molar-refractivity contribution is 14.1. The largest absolute Gasteiger partial charge is 0.496 e. The fraction of sp³-hybridized carbons (Fsp3) is 0.133. The molecule has 5 heteroatoms. The fourth-order valence-electron chi connectivity index (χ4n) is 1.86.